The maximum Gasteiger partial charge on any atom is 0.242 e. The lowest BCUT2D eigenvalue weighted by Crippen LogP contribution is -2.59. The van der Waals surface area contributed by atoms with Crippen LogP contribution in [0.2, 0.25) is 0 Å². The smallest absolute Gasteiger partial charge is 0.242 e. The Morgan fingerprint density at radius 1 is 1.47 bits per heavy atom. The number of aliphatic hydroxyl groups is 1. The molecule has 5 heteroatoms. The third kappa shape index (κ3) is 3.28. The molecule has 0 saturated carbocycles. The molecule has 17 heavy (non-hydrogen) atoms. The summed E-state index contributed by atoms with van der Waals surface area (Å²) in [4.78, 5) is 12.8. The van der Waals surface area contributed by atoms with Crippen molar-refractivity contribution in [3.05, 3.63) is 22.4 Å². The molecule has 0 aliphatic rings. The molecule has 1 heterocycles. The first-order valence-electron chi connectivity index (χ1n) is 5.48. The van der Waals surface area contributed by atoms with Crippen LogP contribution in [0.15, 0.2) is 17.5 Å². The predicted molar refractivity (Wildman–Crippen MR) is 69.8 cm³/mol. The highest BCUT2D eigenvalue weighted by molar-refractivity contribution is 7.10. The fourth-order valence-electron chi connectivity index (χ4n) is 1.14. The molecule has 1 aromatic rings. The van der Waals surface area contributed by atoms with Gasteiger partial charge in [-0.3, -0.25) is 4.79 Å². The van der Waals surface area contributed by atoms with Gasteiger partial charge in [-0.2, -0.15) is 0 Å². The fraction of sp³-hybridized carbons (Fsp3) is 0.583. The van der Waals surface area contributed by atoms with Gasteiger partial charge in [0.15, 0.2) is 0 Å². The zero-order valence-electron chi connectivity index (χ0n) is 10.7. The molecule has 96 valence electrons. The van der Waals surface area contributed by atoms with Crippen LogP contribution in [0.3, 0.4) is 0 Å². The molecular formula is C12H20N2O2S. The molecule has 1 amide bonds. The third-order valence-electron chi connectivity index (χ3n) is 3.10. The van der Waals surface area contributed by atoms with E-state index in [1.165, 1.54) is 11.3 Å². The van der Waals surface area contributed by atoms with E-state index in [9.17, 15) is 9.90 Å². The van der Waals surface area contributed by atoms with Crippen LogP contribution in [0.4, 0.5) is 0 Å². The molecule has 1 atom stereocenters. The summed E-state index contributed by atoms with van der Waals surface area (Å²) >= 11 is 1.44. The van der Waals surface area contributed by atoms with Crippen LogP contribution >= 0.6 is 11.3 Å². The van der Waals surface area contributed by atoms with Gasteiger partial charge in [0.2, 0.25) is 5.91 Å². The number of amides is 1. The molecule has 0 bridgehead atoms. The maximum atomic E-state index is 12.0. The summed E-state index contributed by atoms with van der Waals surface area (Å²) in [6.45, 7) is 6.85. The van der Waals surface area contributed by atoms with Gasteiger partial charge in [0, 0.05) is 4.88 Å². The van der Waals surface area contributed by atoms with Gasteiger partial charge in [-0.05, 0) is 39.1 Å². The van der Waals surface area contributed by atoms with Crippen LogP contribution in [-0.2, 0) is 4.79 Å². The predicted octanol–water partition coefficient (Wildman–Crippen LogP) is 1.41. The second-order valence-electron chi connectivity index (χ2n) is 5.17. The number of nitrogens with one attached hydrogen (secondary N) is 1. The summed E-state index contributed by atoms with van der Waals surface area (Å²) in [6.07, 6.45) is 0. The van der Waals surface area contributed by atoms with Crippen molar-refractivity contribution in [2.24, 2.45) is 5.73 Å². The van der Waals surface area contributed by atoms with Gasteiger partial charge in [-0.15, -0.1) is 11.3 Å². The zero-order valence-corrected chi connectivity index (χ0v) is 11.5. The monoisotopic (exact) mass is 256 g/mol. The van der Waals surface area contributed by atoms with Crippen LogP contribution in [0.1, 0.15) is 38.6 Å². The number of thiophene rings is 1. The van der Waals surface area contributed by atoms with Crippen LogP contribution in [0.5, 0.6) is 0 Å². The lowest BCUT2D eigenvalue weighted by molar-refractivity contribution is -0.127. The first-order valence-corrected chi connectivity index (χ1v) is 6.36. The number of hydrogen-bond acceptors (Lipinski definition) is 4. The van der Waals surface area contributed by atoms with Gasteiger partial charge in [0.25, 0.3) is 0 Å². The van der Waals surface area contributed by atoms with E-state index in [-0.39, 0.29) is 5.91 Å². The summed E-state index contributed by atoms with van der Waals surface area (Å²) < 4.78 is 0. The summed E-state index contributed by atoms with van der Waals surface area (Å²) in [5.74, 6) is -0.278. The Balaban J connectivity index is 2.74. The minimum Gasteiger partial charge on any atom is -0.388 e. The van der Waals surface area contributed by atoms with Crippen LogP contribution in [0.25, 0.3) is 0 Å². The Bertz CT molecular complexity index is 380. The molecular weight excluding hydrogens is 236 g/mol. The molecule has 1 aromatic heterocycles. The third-order valence-corrected chi connectivity index (χ3v) is 4.05. The van der Waals surface area contributed by atoms with E-state index in [4.69, 9.17) is 5.73 Å². The number of rotatable bonds is 4. The molecule has 0 radical (unpaired) electrons. The highest BCUT2D eigenvalue weighted by Crippen LogP contribution is 2.23. The summed E-state index contributed by atoms with van der Waals surface area (Å²) in [6, 6.07) is 3.00. The molecule has 1 unspecified atom stereocenters. The zero-order chi connectivity index (χ0) is 13.3. The van der Waals surface area contributed by atoms with Crippen molar-refractivity contribution in [1.82, 2.24) is 5.32 Å². The van der Waals surface area contributed by atoms with Gasteiger partial charge in [0.1, 0.15) is 6.04 Å². The van der Waals surface area contributed by atoms with E-state index in [2.05, 4.69) is 5.32 Å². The minimum absolute atomic E-state index is 0.278. The van der Waals surface area contributed by atoms with Crippen molar-refractivity contribution < 1.29 is 9.90 Å². The van der Waals surface area contributed by atoms with Gasteiger partial charge in [-0.1, -0.05) is 6.07 Å². The number of carbonyl (C=O) groups is 1. The van der Waals surface area contributed by atoms with Crippen molar-refractivity contribution in [2.75, 3.05) is 0 Å². The van der Waals surface area contributed by atoms with E-state index in [0.717, 1.165) is 4.88 Å². The van der Waals surface area contributed by atoms with Crippen molar-refractivity contribution in [1.29, 1.82) is 0 Å². The molecule has 1 rings (SSSR count). The topological polar surface area (TPSA) is 75.3 Å². The second-order valence-corrected chi connectivity index (χ2v) is 6.15. The normalized spacial score (nSPS) is 14.5. The van der Waals surface area contributed by atoms with Gasteiger partial charge < -0.3 is 16.2 Å². The van der Waals surface area contributed by atoms with Crippen molar-refractivity contribution in [3.63, 3.8) is 0 Å². The first-order chi connectivity index (χ1) is 7.65. The molecule has 0 aromatic carbocycles. The van der Waals surface area contributed by atoms with Crippen LogP contribution < -0.4 is 11.1 Å². The highest BCUT2D eigenvalue weighted by atomic mass is 32.1. The van der Waals surface area contributed by atoms with Gasteiger partial charge >= 0.3 is 0 Å². The number of hydrogen-bond donors (Lipinski definition) is 3. The Labute approximate surface area is 106 Å². The minimum atomic E-state index is -1.02. The van der Waals surface area contributed by atoms with Gasteiger partial charge in [0.05, 0.1) is 11.1 Å². The Kier molecular flexibility index (Phi) is 3.96. The van der Waals surface area contributed by atoms with E-state index >= 15 is 0 Å². The van der Waals surface area contributed by atoms with E-state index in [1.807, 2.05) is 17.5 Å². The fourth-order valence-corrected chi connectivity index (χ4v) is 1.86. The van der Waals surface area contributed by atoms with E-state index < -0.39 is 17.2 Å². The summed E-state index contributed by atoms with van der Waals surface area (Å²) in [7, 11) is 0. The number of nitrogens with two attached hydrogens (primary N) is 1. The van der Waals surface area contributed by atoms with Crippen molar-refractivity contribution >= 4 is 17.2 Å². The SMILES string of the molecule is CC(C)(O)C(C)(C)NC(=O)C(N)c1cccs1. The average Bonchev–Trinajstić information content (AvgIpc) is 2.66. The average molecular weight is 256 g/mol. The van der Waals surface area contributed by atoms with Crippen molar-refractivity contribution in [3.8, 4) is 0 Å². The quantitative estimate of drug-likeness (QED) is 0.762. The standard InChI is InChI=1S/C12H20N2O2S/c1-11(2,12(3,4)16)14-10(15)9(13)8-6-5-7-17-8/h5-7,9,16H,13H2,1-4H3,(H,14,15). The molecule has 0 saturated heterocycles. The first kappa shape index (κ1) is 14.2. The number of carbonyl (C=O) groups excluding carboxylic acids is 1. The van der Waals surface area contributed by atoms with E-state index in [1.54, 1.807) is 27.7 Å². The molecule has 0 aliphatic carbocycles. The van der Waals surface area contributed by atoms with Crippen LogP contribution in [0, 0.1) is 0 Å². The van der Waals surface area contributed by atoms with E-state index in [0.29, 0.717) is 0 Å². The van der Waals surface area contributed by atoms with Crippen LogP contribution in [-0.4, -0.2) is 22.2 Å². The van der Waals surface area contributed by atoms with Gasteiger partial charge in [-0.25, -0.2) is 0 Å². The molecule has 0 aliphatic heterocycles. The Morgan fingerprint density at radius 3 is 2.47 bits per heavy atom. The maximum absolute atomic E-state index is 12.0. The summed E-state index contributed by atoms with van der Waals surface area (Å²) in [5.41, 5.74) is 4.10. The lowest BCUT2D eigenvalue weighted by Gasteiger charge is -2.38. The molecule has 0 spiro atoms. The summed E-state index contributed by atoms with van der Waals surface area (Å²) in [5, 5.41) is 14.6. The lowest BCUT2D eigenvalue weighted by atomic mass is 9.85. The molecule has 4 N–H and O–H groups in total. The van der Waals surface area contributed by atoms with Crippen molar-refractivity contribution in [2.45, 2.75) is 44.9 Å². The molecule has 0 fully saturated rings. The Hall–Kier alpha value is -0.910. The molecule has 4 nitrogen and oxygen atoms in total. The Morgan fingerprint density at radius 2 is 2.06 bits per heavy atom. The second kappa shape index (κ2) is 4.76. The highest BCUT2D eigenvalue weighted by Gasteiger charge is 2.37. The largest absolute Gasteiger partial charge is 0.388 e.